The van der Waals surface area contributed by atoms with Crippen LogP contribution in [-0.4, -0.2) is 35.4 Å². The summed E-state index contributed by atoms with van der Waals surface area (Å²) < 4.78 is 11.3. The molecule has 0 aliphatic heterocycles. The van der Waals surface area contributed by atoms with Crippen molar-refractivity contribution in [2.45, 2.75) is 64.2 Å². The largest absolute Gasteiger partial charge is 0.426 e. The molecule has 10 nitrogen and oxygen atoms in total. The second-order valence-corrected chi connectivity index (χ2v) is 13.0. The van der Waals surface area contributed by atoms with Crippen molar-refractivity contribution in [2.75, 3.05) is 0 Å². The number of benzene rings is 4. The van der Waals surface area contributed by atoms with Crippen LogP contribution in [-0.2, 0) is 19.4 Å². The van der Waals surface area contributed by atoms with Crippen molar-refractivity contribution in [1.29, 1.82) is 0 Å². The first-order valence-corrected chi connectivity index (χ1v) is 17.6. The van der Waals surface area contributed by atoms with Gasteiger partial charge in [-0.25, -0.2) is 19.4 Å². The number of hydrogen-bond donors (Lipinski definition) is 0. The van der Waals surface area contributed by atoms with Crippen LogP contribution in [0.25, 0.3) is 0 Å². The van der Waals surface area contributed by atoms with E-state index in [1.54, 1.807) is 36.4 Å². The predicted molar refractivity (Wildman–Crippen MR) is 188 cm³/mol. The standard InChI is InChI=1S/C42H38O10/c43-37(33-23-11-13-25-35(33)49-39(45)27-15-3-1-4-16-27)29-19-7-9-21-31(29)41(47)51-52-42(48)32-22-10-8-20-30(32)38(44)34-24-12-14-26-36(34)50-40(46)28-17-5-2-6-18-28/h7-14,19-28H,1-6,15-18H2. The Kier molecular flexibility index (Phi) is 11.7. The lowest BCUT2D eigenvalue weighted by Crippen LogP contribution is -2.24. The van der Waals surface area contributed by atoms with E-state index in [0.29, 0.717) is 0 Å². The highest BCUT2D eigenvalue weighted by atomic mass is 17.2. The second-order valence-electron chi connectivity index (χ2n) is 13.0. The molecule has 0 amide bonds. The Morgan fingerprint density at radius 1 is 0.385 bits per heavy atom. The number of esters is 2. The van der Waals surface area contributed by atoms with Crippen LogP contribution < -0.4 is 9.47 Å². The third kappa shape index (κ3) is 8.34. The summed E-state index contributed by atoms with van der Waals surface area (Å²) in [5.74, 6) is -4.64. The average Bonchev–Trinajstić information content (AvgIpc) is 3.20. The van der Waals surface area contributed by atoms with E-state index in [0.717, 1.165) is 64.2 Å². The predicted octanol–water partition coefficient (Wildman–Crippen LogP) is 8.05. The molecule has 2 aliphatic carbocycles. The van der Waals surface area contributed by atoms with E-state index in [-0.39, 0.29) is 56.7 Å². The fourth-order valence-corrected chi connectivity index (χ4v) is 6.72. The van der Waals surface area contributed by atoms with Gasteiger partial charge in [0.1, 0.15) is 11.5 Å². The maximum atomic E-state index is 13.8. The van der Waals surface area contributed by atoms with Crippen LogP contribution in [0.2, 0.25) is 0 Å². The fourth-order valence-electron chi connectivity index (χ4n) is 6.72. The second kappa shape index (κ2) is 16.9. The Balaban J connectivity index is 1.16. The fraction of sp³-hybridized carbons (Fsp3) is 0.286. The quantitative estimate of drug-likeness (QED) is 0.0524. The van der Waals surface area contributed by atoms with Gasteiger partial charge < -0.3 is 9.47 Å². The van der Waals surface area contributed by atoms with Crippen LogP contribution in [0.1, 0.15) is 117 Å². The summed E-state index contributed by atoms with van der Waals surface area (Å²) in [6, 6.07) is 24.2. The molecule has 266 valence electrons. The zero-order valence-electron chi connectivity index (χ0n) is 28.5. The Morgan fingerprint density at radius 3 is 1.06 bits per heavy atom. The Hall–Kier alpha value is -5.90. The molecule has 0 N–H and O–H groups in total. The van der Waals surface area contributed by atoms with Crippen molar-refractivity contribution in [3.8, 4) is 11.5 Å². The highest BCUT2D eigenvalue weighted by molar-refractivity contribution is 6.17. The molecule has 0 spiro atoms. The third-order valence-electron chi connectivity index (χ3n) is 9.54. The zero-order valence-corrected chi connectivity index (χ0v) is 28.5. The molecule has 2 fully saturated rings. The summed E-state index contributed by atoms with van der Waals surface area (Å²) in [4.78, 5) is 89.7. The Labute approximate surface area is 301 Å². The van der Waals surface area contributed by atoms with Crippen molar-refractivity contribution >= 4 is 35.4 Å². The Morgan fingerprint density at radius 2 is 0.692 bits per heavy atom. The van der Waals surface area contributed by atoms with Crippen LogP contribution in [0, 0.1) is 11.8 Å². The average molecular weight is 703 g/mol. The lowest BCUT2D eigenvalue weighted by Gasteiger charge is -2.20. The van der Waals surface area contributed by atoms with E-state index in [1.807, 2.05) is 0 Å². The van der Waals surface area contributed by atoms with Gasteiger partial charge in [-0.15, -0.1) is 0 Å². The van der Waals surface area contributed by atoms with E-state index in [2.05, 4.69) is 0 Å². The first-order valence-electron chi connectivity index (χ1n) is 17.6. The maximum Gasteiger partial charge on any atom is 0.387 e. The molecule has 2 aliphatic rings. The molecule has 4 aromatic carbocycles. The molecule has 0 atom stereocenters. The minimum Gasteiger partial charge on any atom is -0.426 e. The molecular formula is C42H38O10. The summed E-state index contributed by atoms with van der Waals surface area (Å²) in [6.45, 7) is 0. The summed E-state index contributed by atoms with van der Waals surface area (Å²) in [5.41, 5.74) is -0.403. The van der Waals surface area contributed by atoms with Gasteiger partial charge in [-0.2, -0.15) is 0 Å². The van der Waals surface area contributed by atoms with Crippen LogP contribution >= 0.6 is 0 Å². The van der Waals surface area contributed by atoms with E-state index < -0.39 is 35.4 Å². The number of carbonyl (C=O) groups excluding carboxylic acids is 6. The van der Waals surface area contributed by atoms with E-state index in [4.69, 9.17) is 19.2 Å². The van der Waals surface area contributed by atoms with Gasteiger partial charge >= 0.3 is 23.9 Å². The highest BCUT2D eigenvalue weighted by Gasteiger charge is 2.29. The Bertz CT molecular complexity index is 1840. The van der Waals surface area contributed by atoms with Crippen LogP contribution in [0.15, 0.2) is 97.1 Å². The molecule has 0 aromatic heterocycles. The first kappa shape index (κ1) is 35.9. The monoisotopic (exact) mass is 702 g/mol. The van der Waals surface area contributed by atoms with Gasteiger partial charge in [-0.05, 0) is 62.1 Å². The van der Waals surface area contributed by atoms with Crippen molar-refractivity contribution in [3.63, 3.8) is 0 Å². The van der Waals surface area contributed by atoms with E-state index in [1.165, 1.54) is 60.7 Å². The molecule has 52 heavy (non-hydrogen) atoms. The normalized spacial score (nSPS) is 14.8. The molecule has 6 rings (SSSR count). The number of rotatable bonds is 10. The topological polar surface area (TPSA) is 139 Å². The van der Waals surface area contributed by atoms with Crippen LogP contribution in [0.4, 0.5) is 0 Å². The molecule has 0 heterocycles. The SMILES string of the molecule is O=C(OOC(=O)c1ccccc1C(=O)c1ccccc1OC(=O)C1CCCCC1)c1ccccc1C(=O)c1ccccc1OC(=O)C1CCCCC1. The molecule has 2 saturated carbocycles. The van der Waals surface area contributed by atoms with Crippen molar-refractivity contribution < 1.29 is 48.0 Å². The minimum atomic E-state index is -1.14. The number of ketones is 2. The molecule has 4 aromatic rings. The van der Waals surface area contributed by atoms with Gasteiger partial charge in [0, 0.05) is 11.1 Å². The molecule has 0 saturated heterocycles. The molecule has 0 radical (unpaired) electrons. The van der Waals surface area contributed by atoms with Gasteiger partial charge in [0.15, 0.2) is 11.6 Å². The van der Waals surface area contributed by atoms with Crippen molar-refractivity contribution in [1.82, 2.24) is 0 Å². The molecule has 10 heteroatoms. The third-order valence-corrected chi connectivity index (χ3v) is 9.54. The van der Waals surface area contributed by atoms with Gasteiger partial charge in [-0.3, -0.25) is 19.2 Å². The van der Waals surface area contributed by atoms with Gasteiger partial charge in [0.2, 0.25) is 0 Å². The number of ether oxygens (including phenoxy) is 2. The minimum absolute atomic E-state index is 0.0697. The summed E-state index contributed by atoms with van der Waals surface area (Å²) in [5, 5.41) is 0. The van der Waals surface area contributed by atoms with Crippen molar-refractivity contribution in [3.05, 3.63) is 130 Å². The maximum absolute atomic E-state index is 13.8. The summed E-state index contributed by atoms with van der Waals surface area (Å²) in [6.07, 6.45) is 8.80. The highest BCUT2D eigenvalue weighted by Crippen LogP contribution is 2.30. The van der Waals surface area contributed by atoms with E-state index >= 15 is 0 Å². The van der Waals surface area contributed by atoms with Gasteiger partial charge in [-0.1, -0.05) is 99.2 Å². The lowest BCUT2D eigenvalue weighted by molar-refractivity contribution is -0.187. The molecule has 0 bridgehead atoms. The summed E-state index contributed by atoms with van der Waals surface area (Å²) >= 11 is 0. The van der Waals surface area contributed by atoms with Crippen LogP contribution in [0.3, 0.4) is 0 Å². The van der Waals surface area contributed by atoms with Crippen molar-refractivity contribution in [2.24, 2.45) is 11.8 Å². The van der Waals surface area contributed by atoms with Gasteiger partial charge in [0.05, 0.1) is 34.1 Å². The summed E-state index contributed by atoms with van der Waals surface area (Å²) in [7, 11) is 0. The van der Waals surface area contributed by atoms with Crippen LogP contribution in [0.5, 0.6) is 11.5 Å². The number of hydrogen-bond acceptors (Lipinski definition) is 10. The van der Waals surface area contributed by atoms with Gasteiger partial charge in [0.25, 0.3) is 0 Å². The number of carbonyl (C=O) groups is 6. The smallest absolute Gasteiger partial charge is 0.387 e. The first-order chi connectivity index (χ1) is 25.3. The van der Waals surface area contributed by atoms with E-state index in [9.17, 15) is 28.8 Å². The number of para-hydroxylation sites is 2. The lowest BCUT2D eigenvalue weighted by atomic mass is 9.89. The zero-order chi connectivity index (χ0) is 36.5. The molecular weight excluding hydrogens is 664 g/mol. The molecule has 0 unspecified atom stereocenters.